The predicted molar refractivity (Wildman–Crippen MR) is 70.9 cm³/mol. The van der Waals surface area contributed by atoms with E-state index in [0.717, 1.165) is 4.90 Å². The van der Waals surface area contributed by atoms with Gasteiger partial charge in [0.05, 0.1) is 17.2 Å². The van der Waals surface area contributed by atoms with Crippen LogP contribution in [0, 0.1) is 0 Å². The number of anilines is 1. The van der Waals surface area contributed by atoms with Crippen molar-refractivity contribution in [1.82, 2.24) is 10.2 Å². The van der Waals surface area contributed by atoms with Gasteiger partial charge in [0.2, 0.25) is 11.8 Å². The van der Waals surface area contributed by atoms with Gasteiger partial charge >= 0.3 is 0 Å². The molecule has 2 unspecified atom stereocenters. The summed E-state index contributed by atoms with van der Waals surface area (Å²) in [5, 5.41) is 2.06. The molecule has 5 N–H and O–H groups in total. The fraction of sp³-hybridized carbons (Fsp3) is 0.231. The Hall–Kier alpha value is -2.74. The lowest BCUT2D eigenvalue weighted by Crippen LogP contribution is -2.61. The highest BCUT2D eigenvalue weighted by molar-refractivity contribution is 6.25. The van der Waals surface area contributed by atoms with Crippen LogP contribution in [0.2, 0.25) is 0 Å². The summed E-state index contributed by atoms with van der Waals surface area (Å²) in [5.41, 5.74) is 11.7. The molecule has 0 radical (unpaired) electrons. The number of piperidine rings is 1. The third-order valence-electron chi connectivity index (χ3n) is 3.65. The van der Waals surface area contributed by atoms with Crippen LogP contribution in [0.15, 0.2) is 18.2 Å². The molecule has 2 atom stereocenters. The van der Waals surface area contributed by atoms with Crippen molar-refractivity contribution in [2.24, 2.45) is 5.73 Å². The Labute approximate surface area is 119 Å². The summed E-state index contributed by atoms with van der Waals surface area (Å²) in [4.78, 5) is 48.8. The highest BCUT2D eigenvalue weighted by Crippen LogP contribution is 2.30. The fourth-order valence-electron chi connectivity index (χ4n) is 2.59. The van der Waals surface area contributed by atoms with Crippen molar-refractivity contribution in [3.05, 3.63) is 29.3 Å². The van der Waals surface area contributed by atoms with Crippen LogP contribution in [0.5, 0.6) is 0 Å². The van der Waals surface area contributed by atoms with Crippen LogP contribution < -0.4 is 16.8 Å². The first-order valence-corrected chi connectivity index (χ1v) is 6.28. The van der Waals surface area contributed by atoms with Gasteiger partial charge in [0.1, 0.15) is 6.04 Å². The number of carbonyl (C=O) groups excluding carboxylic acids is 4. The Bertz CT molecular complexity index is 699. The lowest BCUT2D eigenvalue weighted by molar-refractivity contribution is -0.137. The summed E-state index contributed by atoms with van der Waals surface area (Å²) < 4.78 is 0. The number of hydrogen-bond donors (Lipinski definition) is 3. The molecule has 3 rings (SSSR count). The number of carbonyl (C=O) groups is 4. The van der Waals surface area contributed by atoms with Crippen LogP contribution in [-0.4, -0.2) is 40.6 Å². The van der Waals surface area contributed by atoms with Crippen molar-refractivity contribution < 1.29 is 19.2 Å². The molecular weight excluding hydrogens is 276 g/mol. The smallest absolute Gasteiger partial charge is 0.264 e. The minimum absolute atomic E-state index is 0.0840. The van der Waals surface area contributed by atoms with Crippen molar-refractivity contribution in [3.8, 4) is 0 Å². The molecule has 1 saturated heterocycles. The highest BCUT2D eigenvalue weighted by Gasteiger charge is 2.46. The quantitative estimate of drug-likeness (QED) is 0.430. The van der Waals surface area contributed by atoms with Gasteiger partial charge in [-0.3, -0.25) is 29.4 Å². The zero-order valence-electron chi connectivity index (χ0n) is 10.8. The molecule has 0 aliphatic carbocycles. The second-order valence-electron chi connectivity index (χ2n) is 4.96. The first-order valence-electron chi connectivity index (χ1n) is 6.28. The minimum Gasteiger partial charge on any atom is -0.398 e. The van der Waals surface area contributed by atoms with Gasteiger partial charge in [-0.2, -0.15) is 0 Å². The van der Waals surface area contributed by atoms with E-state index < -0.39 is 35.7 Å². The topological polar surface area (TPSA) is 136 Å². The Morgan fingerprint density at radius 1 is 1.10 bits per heavy atom. The van der Waals surface area contributed by atoms with Gasteiger partial charge in [-0.25, -0.2) is 0 Å². The maximum atomic E-state index is 12.4. The molecule has 21 heavy (non-hydrogen) atoms. The van der Waals surface area contributed by atoms with E-state index in [-0.39, 0.29) is 23.2 Å². The predicted octanol–water partition coefficient (Wildman–Crippen LogP) is -1.39. The maximum absolute atomic E-state index is 12.4. The second kappa shape index (κ2) is 4.38. The number of imide groups is 2. The van der Waals surface area contributed by atoms with Crippen LogP contribution in [-0.2, 0) is 9.59 Å². The molecule has 8 nitrogen and oxygen atoms in total. The van der Waals surface area contributed by atoms with Gasteiger partial charge in [0.15, 0.2) is 0 Å². The van der Waals surface area contributed by atoms with Gasteiger partial charge in [0.25, 0.3) is 11.8 Å². The molecular formula is C13H12N4O4. The zero-order chi connectivity index (χ0) is 15.3. The first kappa shape index (κ1) is 13.3. The summed E-state index contributed by atoms with van der Waals surface area (Å²) in [7, 11) is 0. The van der Waals surface area contributed by atoms with E-state index in [1.807, 2.05) is 0 Å². The van der Waals surface area contributed by atoms with Gasteiger partial charge in [-0.05, 0) is 12.1 Å². The van der Waals surface area contributed by atoms with E-state index in [1.54, 1.807) is 6.07 Å². The Morgan fingerprint density at radius 3 is 2.48 bits per heavy atom. The largest absolute Gasteiger partial charge is 0.398 e. The third kappa shape index (κ3) is 1.80. The van der Waals surface area contributed by atoms with Crippen LogP contribution >= 0.6 is 0 Å². The van der Waals surface area contributed by atoms with Crippen molar-refractivity contribution in [1.29, 1.82) is 0 Å². The van der Waals surface area contributed by atoms with Gasteiger partial charge in [-0.1, -0.05) is 6.07 Å². The molecule has 108 valence electrons. The number of nitrogen functional groups attached to an aromatic ring is 1. The Morgan fingerprint density at radius 2 is 1.81 bits per heavy atom. The summed E-state index contributed by atoms with van der Waals surface area (Å²) in [6.45, 7) is 0. The van der Waals surface area contributed by atoms with E-state index in [1.165, 1.54) is 12.1 Å². The molecule has 1 aromatic carbocycles. The van der Waals surface area contributed by atoms with Crippen molar-refractivity contribution >= 4 is 29.3 Å². The zero-order valence-corrected chi connectivity index (χ0v) is 10.8. The SMILES string of the molecule is Nc1cccc2c1C(=O)N(C1CC(N)C(=O)NC1=O)C2=O. The van der Waals surface area contributed by atoms with Crippen molar-refractivity contribution in [2.75, 3.05) is 5.73 Å². The van der Waals surface area contributed by atoms with Crippen molar-refractivity contribution in [3.63, 3.8) is 0 Å². The summed E-state index contributed by atoms with van der Waals surface area (Å²) in [6, 6.07) is 2.47. The fourth-order valence-corrected chi connectivity index (χ4v) is 2.59. The van der Waals surface area contributed by atoms with E-state index in [9.17, 15) is 19.2 Å². The first-order chi connectivity index (χ1) is 9.91. The summed E-state index contributed by atoms with van der Waals surface area (Å²) >= 11 is 0. The normalized spacial score (nSPS) is 25.1. The number of nitrogens with two attached hydrogens (primary N) is 2. The number of nitrogens with zero attached hydrogens (tertiary/aromatic N) is 1. The molecule has 1 aromatic rings. The van der Waals surface area contributed by atoms with E-state index in [2.05, 4.69) is 5.32 Å². The standard InChI is InChI=1S/C13H12N4O4/c14-6-3-1-2-5-9(6)13(21)17(12(5)20)8-4-7(15)10(18)16-11(8)19/h1-3,7-8H,4,14-15H2,(H,16,18,19). The maximum Gasteiger partial charge on any atom is 0.264 e. The Balaban J connectivity index is 2.00. The van der Waals surface area contributed by atoms with Crippen LogP contribution in [0.1, 0.15) is 27.1 Å². The minimum atomic E-state index is -1.11. The second-order valence-corrected chi connectivity index (χ2v) is 4.96. The molecule has 2 aliphatic rings. The van der Waals surface area contributed by atoms with Crippen LogP contribution in [0.3, 0.4) is 0 Å². The van der Waals surface area contributed by atoms with Gasteiger partial charge < -0.3 is 11.5 Å². The summed E-state index contributed by atoms with van der Waals surface area (Å²) in [5.74, 6) is -2.58. The molecule has 0 saturated carbocycles. The molecule has 0 bridgehead atoms. The molecule has 2 aliphatic heterocycles. The number of benzene rings is 1. The van der Waals surface area contributed by atoms with E-state index in [4.69, 9.17) is 11.5 Å². The molecule has 4 amide bonds. The average molecular weight is 288 g/mol. The number of fused-ring (bicyclic) bond motifs is 1. The third-order valence-corrected chi connectivity index (χ3v) is 3.65. The highest BCUT2D eigenvalue weighted by atomic mass is 16.2. The molecule has 8 heteroatoms. The number of rotatable bonds is 1. The molecule has 2 heterocycles. The lowest BCUT2D eigenvalue weighted by atomic mass is 10.0. The van der Waals surface area contributed by atoms with Crippen LogP contribution in [0.25, 0.3) is 0 Å². The number of amides is 4. The summed E-state index contributed by atoms with van der Waals surface area (Å²) in [6.07, 6.45) is -0.101. The van der Waals surface area contributed by atoms with Gasteiger partial charge in [0, 0.05) is 12.1 Å². The molecule has 0 spiro atoms. The monoisotopic (exact) mass is 288 g/mol. The van der Waals surface area contributed by atoms with Crippen LogP contribution in [0.4, 0.5) is 5.69 Å². The molecule has 0 aromatic heterocycles. The van der Waals surface area contributed by atoms with E-state index in [0.29, 0.717) is 0 Å². The van der Waals surface area contributed by atoms with Crippen molar-refractivity contribution in [2.45, 2.75) is 18.5 Å². The average Bonchev–Trinajstić information content (AvgIpc) is 2.68. The Kier molecular flexibility index (Phi) is 2.77. The lowest BCUT2D eigenvalue weighted by Gasteiger charge is -2.30. The molecule has 1 fully saturated rings. The number of hydrogen-bond acceptors (Lipinski definition) is 6. The van der Waals surface area contributed by atoms with E-state index >= 15 is 0 Å². The number of nitrogens with one attached hydrogen (secondary N) is 1. The van der Waals surface area contributed by atoms with Gasteiger partial charge in [-0.15, -0.1) is 0 Å².